The summed E-state index contributed by atoms with van der Waals surface area (Å²) in [6.45, 7) is 14.5. The summed E-state index contributed by atoms with van der Waals surface area (Å²) in [5.41, 5.74) is 11.5. The topological polar surface area (TPSA) is 38.7 Å². The maximum atomic E-state index is 4.89. The Hall–Kier alpha value is -6.19. The second-order valence-corrected chi connectivity index (χ2v) is 11.8. The lowest BCUT2D eigenvalue weighted by molar-refractivity contribution is 1.00. The second-order valence-electron chi connectivity index (χ2n) is 11.8. The van der Waals surface area contributed by atoms with Crippen LogP contribution in [0.2, 0.25) is 0 Å². The highest BCUT2D eigenvalue weighted by atomic mass is 15.0. The molecule has 1 aromatic heterocycles. The summed E-state index contributed by atoms with van der Waals surface area (Å²) < 4.78 is 0. The van der Waals surface area contributed by atoms with E-state index in [0.717, 1.165) is 51.8 Å². The summed E-state index contributed by atoms with van der Waals surface area (Å²) in [5, 5.41) is 0. The number of rotatable bonds is 11. The molecule has 49 heavy (non-hydrogen) atoms. The second kappa shape index (κ2) is 15.6. The molecule has 3 heteroatoms. The maximum absolute atomic E-state index is 4.89. The van der Waals surface area contributed by atoms with Gasteiger partial charge in [0.25, 0.3) is 0 Å². The lowest BCUT2D eigenvalue weighted by Crippen LogP contribution is -2.04. The average Bonchev–Trinajstić information content (AvgIpc) is 3.17. The number of hydrogen-bond donors (Lipinski definition) is 0. The molecule has 1 heterocycles. The van der Waals surface area contributed by atoms with Crippen molar-refractivity contribution in [3.8, 4) is 22.5 Å². The predicted molar refractivity (Wildman–Crippen MR) is 209 cm³/mol. The van der Waals surface area contributed by atoms with Gasteiger partial charge < -0.3 is 0 Å². The van der Waals surface area contributed by atoms with Gasteiger partial charge in [-0.15, -0.1) is 0 Å². The minimum absolute atomic E-state index is 0.491. The first-order valence-electron chi connectivity index (χ1n) is 16.5. The summed E-state index contributed by atoms with van der Waals surface area (Å²) in [6.07, 6.45) is 18.5. The molecule has 3 nitrogen and oxygen atoms in total. The van der Waals surface area contributed by atoms with Crippen molar-refractivity contribution >= 4 is 28.4 Å². The molecule has 0 unspecified atom stereocenters. The van der Waals surface area contributed by atoms with E-state index in [0.29, 0.717) is 23.0 Å². The molecule has 0 fully saturated rings. The Bertz CT molecular complexity index is 2120. The summed E-state index contributed by atoms with van der Waals surface area (Å²) in [5.74, 6) is 1.57. The SMILES string of the molecule is C=C/C=C(\C=C)c1nc(C(=C)/C=C(\C(C)=C\c2ccc(C3=CCCC=C3)cc2)c2ccc(-c3ccccc3)cc2)nc(-c2ccccc2)n1. The standard InChI is InChI=1S/C46H39N3/c1-5-16-36(6-2)45-47-44(48-46(49-45)42-21-14-9-15-22-42)34(4)32-43(41-29-27-40(28-30-41)38-19-12-8-13-20-38)33(3)31-35-23-25-39(26-24-35)37-17-10-7-11-18-37/h5-6,8-10,12-32H,1-2,4,7,11H2,3H3/b33-31+,36-16+,43-32+. The van der Waals surface area contributed by atoms with Crippen molar-refractivity contribution in [2.24, 2.45) is 0 Å². The Kier molecular flexibility index (Phi) is 10.4. The van der Waals surface area contributed by atoms with E-state index in [1.165, 1.54) is 16.7 Å². The molecule has 1 aliphatic carbocycles. The number of nitrogens with zero attached hydrogens (tertiary/aromatic N) is 3. The van der Waals surface area contributed by atoms with Gasteiger partial charge in [-0.25, -0.2) is 15.0 Å². The highest BCUT2D eigenvalue weighted by Crippen LogP contribution is 2.31. The fourth-order valence-electron chi connectivity index (χ4n) is 5.79. The van der Waals surface area contributed by atoms with Crippen molar-refractivity contribution in [1.82, 2.24) is 15.0 Å². The molecule has 6 rings (SSSR count). The Morgan fingerprint density at radius 3 is 1.94 bits per heavy atom. The van der Waals surface area contributed by atoms with Gasteiger partial charge >= 0.3 is 0 Å². The number of hydrogen-bond acceptors (Lipinski definition) is 3. The summed E-state index contributed by atoms with van der Waals surface area (Å²) in [6, 6.07) is 37.7. The van der Waals surface area contributed by atoms with Gasteiger partial charge in [0.05, 0.1) is 0 Å². The van der Waals surface area contributed by atoms with Crippen molar-refractivity contribution in [2.75, 3.05) is 0 Å². The van der Waals surface area contributed by atoms with Gasteiger partial charge in [-0.2, -0.15) is 0 Å². The molecule has 4 aromatic carbocycles. The van der Waals surface area contributed by atoms with Crippen molar-refractivity contribution in [3.05, 3.63) is 205 Å². The molecule has 0 N–H and O–H groups in total. The van der Waals surface area contributed by atoms with E-state index in [1.54, 1.807) is 12.2 Å². The van der Waals surface area contributed by atoms with Gasteiger partial charge in [-0.05, 0) is 70.4 Å². The van der Waals surface area contributed by atoms with E-state index >= 15 is 0 Å². The van der Waals surface area contributed by atoms with Crippen LogP contribution in [0.3, 0.4) is 0 Å². The molecule has 0 saturated heterocycles. The van der Waals surface area contributed by atoms with Crippen LogP contribution in [0.15, 0.2) is 177 Å². The van der Waals surface area contributed by atoms with Gasteiger partial charge in [0, 0.05) is 16.7 Å². The molecule has 1 aliphatic rings. The molecule has 0 saturated carbocycles. The van der Waals surface area contributed by atoms with Crippen LogP contribution in [0.5, 0.6) is 0 Å². The van der Waals surface area contributed by atoms with Crippen LogP contribution in [0.4, 0.5) is 0 Å². The van der Waals surface area contributed by atoms with Crippen LogP contribution >= 0.6 is 0 Å². The van der Waals surface area contributed by atoms with Crippen LogP contribution < -0.4 is 0 Å². The number of benzene rings is 4. The molecule has 0 aliphatic heterocycles. The largest absolute Gasteiger partial charge is 0.208 e. The van der Waals surface area contributed by atoms with E-state index in [4.69, 9.17) is 15.0 Å². The molecule has 0 spiro atoms. The first kappa shape index (κ1) is 32.7. The van der Waals surface area contributed by atoms with Crippen molar-refractivity contribution in [2.45, 2.75) is 19.8 Å². The number of allylic oxidation sites excluding steroid dienone is 12. The number of aromatic nitrogens is 3. The monoisotopic (exact) mass is 633 g/mol. The molecule has 0 atom stereocenters. The van der Waals surface area contributed by atoms with Crippen molar-refractivity contribution < 1.29 is 0 Å². The third-order valence-corrected chi connectivity index (χ3v) is 8.40. The normalized spacial score (nSPS) is 13.5. The lowest BCUT2D eigenvalue weighted by atomic mass is 9.93. The van der Waals surface area contributed by atoms with E-state index < -0.39 is 0 Å². The van der Waals surface area contributed by atoms with Gasteiger partial charge in [0.1, 0.15) is 0 Å². The zero-order valence-electron chi connectivity index (χ0n) is 27.9. The average molecular weight is 634 g/mol. The first-order valence-corrected chi connectivity index (χ1v) is 16.5. The smallest absolute Gasteiger partial charge is 0.164 e. The van der Waals surface area contributed by atoms with E-state index in [9.17, 15) is 0 Å². The van der Waals surface area contributed by atoms with E-state index in [2.05, 4.69) is 130 Å². The highest BCUT2D eigenvalue weighted by Gasteiger charge is 2.14. The maximum Gasteiger partial charge on any atom is 0.164 e. The van der Waals surface area contributed by atoms with Gasteiger partial charge in [-0.3, -0.25) is 0 Å². The quantitative estimate of drug-likeness (QED) is 0.136. The van der Waals surface area contributed by atoms with Crippen LogP contribution in [0.25, 0.3) is 50.9 Å². The fourth-order valence-corrected chi connectivity index (χ4v) is 5.79. The zero-order valence-corrected chi connectivity index (χ0v) is 27.9. The molecule has 0 radical (unpaired) electrons. The minimum Gasteiger partial charge on any atom is -0.208 e. The molecule has 5 aromatic rings. The van der Waals surface area contributed by atoms with Gasteiger partial charge in [0.2, 0.25) is 0 Å². The third-order valence-electron chi connectivity index (χ3n) is 8.40. The summed E-state index contributed by atoms with van der Waals surface area (Å²) >= 11 is 0. The van der Waals surface area contributed by atoms with E-state index in [-0.39, 0.29) is 0 Å². The third kappa shape index (κ3) is 8.04. The minimum atomic E-state index is 0.491. The Balaban J connectivity index is 1.43. The zero-order chi connectivity index (χ0) is 34.0. The summed E-state index contributed by atoms with van der Waals surface area (Å²) in [7, 11) is 0. The Morgan fingerprint density at radius 1 is 0.673 bits per heavy atom. The molecule has 0 amide bonds. The molecule has 238 valence electrons. The Labute approximate surface area is 290 Å². The Morgan fingerprint density at radius 2 is 1.31 bits per heavy atom. The summed E-state index contributed by atoms with van der Waals surface area (Å²) in [4.78, 5) is 14.5. The van der Waals surface area contributed by atoms with E-state index in [1.807, 2.05) is 42.5 Å². The van der Waals surface area contributed by atoms with Gasteiger partial charge in [0.15, 0.2) is 17.5 Å². The molecular formula is C46H39N3. The highest BCUT2D eigenvalue weighted by molar-refractivity contribution is 5.91. The predicted octanol–water partition coefficient (Wildman–Crippen LogP) is 11.9. The molecular weight excluding hydrogens is 595 g/mol. The fraction of sp³-hybridized carbons (Fsp3) is 0.0652. The molecule has 0 bridgehead atoms. The van der Waals surface area contributed by atoms with Crippen LogP contribution in [-0.2, 0) is 0 Å². The van der Waals surface area contributed by atoms with Crippen LogP contribution in [0, 0.1) is 0 Å². The lowest BCUT2D eigenvalue weighted by Gasteiger charge is -2.13. The van der Waals surface area contributed by atoms with Crippen molar-refractivity contribution in [1.29, 1.82) is 0 Å². The first-order chi connectivity index (χ1) is 24.0. The van der Waals surface area contributed by atoms with Gasteiger partial charge in [-0.1, -0.05) is 171 Å². The van der Waals surface area contributed by atoms with Crippen LogP contribution in [-0.4, -0.2) is 15.0 Å². The van der Waals surface area contributed by atoms with Crippen molar-refractivity contribution in [3.63, 3.8) is 0 Å². The van der Waals surface area contributed by atoms with Crippen LogP contribution in [0.1, 0.15) is 48.1 Å².